The number of carbonyl (C=O) groups is 1. The highest BCUT2D eigenvalue weighted by molar-refractivity contribution is 8.00. The van der Waals surface area contributed by atoms with Crippen molar-refractivity contribution in [2.75, 3.05) is 12.4 Å². The van der Waals surface area contributed by atoms with E-state index in [9.17, 15) is 9.18 Å². The second-order valence-electron chi connectivity index (χ2n) is 4.16. The normalized spacial score (nSPS) is 12.2. The molecule has 5 heteroatoms. The van der Waals surface area contributed by atoms with Gasteiger partial charge in [-0.2, -0.15) is 0 Å². The third-order valence-electron chi connectivity index (χ3n) is 2.48. The maximum absolute atomic E-state index is 13.3. The number of aliphatic hydroxyl groups is 1. The number of hydrogen-bond acceptors (Lipinski definition) is 3. The summed E-state index contributed by atoms with van der Waals surface area (Å²) < 4.78 is 13.3. The molecule has 2 N–H and O–H groups in total. The molecule has 18 heavy (non-hydrogen) atoms. The predicted molar refractivity (Wildman–Crippen MR) is 72.0 cm³/mol. The lowest BCUT2D eigenvalue weighted by molar-refractivity contribution is -0.118. The van der Waals surface area contributed by atoms with Crippen LogP contribution in [0.1, 0.15) is 18.1 Å². The summed E-state index contributed by atoms with van der Waals surface area (Å²) in [6.45, 7) is 3.93. The zero-order chi connectivity index (χ0) is 13.5. The van der Waals surface area contributed by atoms with Gasteiger partial charge in [-0.15, -0.1) is 11.8 Å². The molecule has 0 saturated heterocycles. The van der Waals surface area contributed by atoms with E-state index in [0.717, 1.165) is 5.56 Å². The van der Waals surface area contributed by atoms with Crippen molar-refractivity contribution in [2.45, 2.75) is 25.6 Å². The molecule has 1 aromatic carbocycles. The van der Waals surface area contributed by atoms with E-state index in [1.807, 2.05) is 6.92 Å². The first-order valence-electron chi connectivity index (χ1n) is 5.77. The molecule has 1 unspecified atom stereocenters. The largest absolute Gasteiger partial charge is 0.395 e. The van der Waals surface area contributed by atoms with Crippen LogP contribution in [0, 0.1) is 12.7 Å². The second kappa shape index (κ2) is 7.38. The van der Waals surface area contributed by atoms with Crippen molar-refractivity contribution in [2.24, 2.45) is 0 Å². The van der Waals surface area contributed by atoms with Crippen LogP contribution >= 0.6 is 11.8 Å². The van der Waals surface area contributed by atoms with Crippen molar-refractivity contribution in [3.05, 3.63) is 35.1 Å². The van der Waals surface area contributed by atoms with E-state index in [4.69, 9.17) is 5.11 Å². The molecule has 0 aliphatic rings. The number of thioether (sulfide) groups is 1. The molecule has 100 valence electrons. The Morgan fingerprint density at radius 3 is 2.89 bits per heavy atom. The molecule has 0 radical (unpaired) electrons. The quantitative estimate of drug-likeness (QED) is 0.830. The lowest BCUT2D eigenvalue weighted by Crippen LogP contribution is -2.25. The van der Waals surface area contributed by atoms with Gasteiger partial charge in [0, 0.05) is 11.8 Å². The average Bonchev–Trinajstić information content (AvgIpc) is 2.37. The molecule has 1 rings (SSSR count). The van der Waals surface area contributed by atoms with E-state index in [2.05, 4.69) is 5.32 Å². The Bertz CT molecular complexity index is 412. The van der Waals surface area contributed by atoms with Crippen LogP contribution in [0.3, 0.4) is 0 Å². The number of rotatable bonds is 6. The number of carbonyl (C=O) groups excluding carboxylic acids is 1. The van der Waals surface area contributed by atoms with Crippen molar-refractivity contribution in [1.29, 1.82) is 0 Å². The molecule has 1 atom stereocenters. The first-order valence-corrected chi connectivity index (χ1v) is 6.82. The lowest BCUT2D eigenvalue weighted by atomic mass is 10.1. The summed E-state index contributed by atoms with van der Waals surface area (Å²) >= 11 is 1.39. The van der Waals surface area contributed by atoms with Crippen LogP contribution in [0.2, 0.25) is 0 Å². The number of halogens is 1. The van der Waals surface area contributed by atoms with Gasteiger partial charge in [0.1, 0.15) is 5.82 Å². The smallest absolute Gasteiger partial charge is 0.230 e. The molecule has 0 aromatic heterocycles. The Kier molecular flexibility index (Phi) is 6.15. The number of nitrogens with one attached hydrogen (secondary N) is 1. The fourth-order valence-corrected chi connectivity index (χ4v) is 1.91. The Labute approximate surface area is 111 Å². The summed E-state index contributed by atoms with van der Waals surface area (Å²) in [5.41, 5.74) is 1.34. The van der Waals surface area contributed by atoms with Crippen molar-refractivity contribution < 1.29 is 14.3 Å². The molecular formula is C13H18FNO2S. The van der Waals surface area contributed by atoms with Gasteiger partial charge < -0.3 is 10.4 Å². The third-order valence-corrected chi connectivity index (χ3v) is 3.63. The van der Waals surface area contributed by atoms with Crippen LogP contribution in [0.25, 0.3) is 0 Å². The first kappa shape index (κ1) is 15.0. The fourth-order valence-electron chi connectivity index (χ4n) is 1.27. The highest BCUT2D eigenvalue weighted by atomic mass is 32.2. The maximum Gasteiger partial charge on any atom is 0.230 e. The first-order chi connectivity index (χ1) is 8.52. The van der Waals surface area contributed by atoms with E-state index in [1.54, 1.807) is 19.1 Å². The van der Waals surface area contributed by atoms with E-state index in [1.165, 1.54) is 17.8 Å². The van der Waals surface area contributed by atoms with Gasteiger partial charge in [0.05, 0.1) is 12.4 Å². The minimum atomic E-state index is -0.259. The minimum absolute atomic E-state index is 0.0487. The van der Waals surface area contributed by atoms with Gasteiger partial charge in [-0.25, -0.2) is 4.39 Å². The fraction of sp³-hybridized carbons (Fsp3) is 0.462. The number of aryl methyl sites for hydroxylation is 1. The van der Waals surface area contributed by atoms with E-state index in [0.29, 0.717) is 17.9 Å². The van der Waals surface area contributed by atoms with Crippen LogP contribution in [-0.2, 0) is 11.3 Å². The Balaban J connectivity index is 2.36. The molecule has 0 aliphatic heterocycles. The predicted octanol–water partition coefficient (Wildman–Crippen LogP) is 1.86. The van der Waals surface area contributed by atoms with Gasteiger partial charge in [-0.3, -0.25) is 4.79 Å². The minimum Gasteiger partial charge on any atom is -0.395 e. The van der Waals surface area contributed by atoms with E-state index < -0.39 is 0 Å². The van der Waals surface area contributed by atoms with E-state index in [-0.39, 0.29) is 23.6 Å². The Morgan fingerprint density at radius 1 is 1.56 bits per heavy atom. The Hall–Kier alpha value is -1.07. The van der Waals surface area contributed by atoms with E-state index >= 15 is 0 Å². The van der Waals surface area contributed by atoms with Gasteiger partial charge >= 0.3 is 0 Å². The number of amides is 1. The highest BCUT2D eigenvalue weighted by Crippen LogP contribution is 2.10. The molecular weight excluding hydrogens is 253 g/mol. The summed E-state index contributed by atoms with van der Waals surface area (Å²) in [6.07, 6.45) is 0. The summed E-state index contributed by atoms with van der Waals surface area (Å²) in [6, 6.07) is 4.92. The maximum atomic E-state index is 13.3. The Morgan fingerprint density at radius 2 is 2.28 bits per heavy atom. The number of benzene rings is 1. The molecule has 0 saturated carbocycles. The summed E-state index contributed by atoms with van der Waals surface area (Å²) in [5.74, 6) is -0.0675. The van der Waals surface area contributed by atoms with Crippen LogP contribution in [0.5, 0.6) is 0 Å². The van der Waals surface area contributed by atoms with Crippen molar-refractivity contribution in [3.8, 4) is 0 Å². The molecule has 0 fully saturated rings. The number of hydrogen-bond donors (Lipinski definition) is 2. The van der Waals surface area contributed by atoms with Gasteiger partial charge in [-0.1, -0.05) is 19.1 Å². The van der Waals surface area contributed by atoms with Crippen molar-refractivity contribution >= 4 is 17.7 Å². The third kappa shape index (κ3) is 5.06. The van der Waals surface area contributed by atoms with Crippen LogP contribution in [0.4, 0.5) is 4.39 Å². The SMILES string of the molecule is Cc1ccc(CNC(=O)CSC(C)CO)cc1F. The molecule has 0 spiro atoms. The highest BCUT2D eigenvalue weighted by Gasteiger charge is 2.06. The topological polar surface area (TPSA) is 49.3 Å². The van der Waals surface area contributed by atoms with Gasteiger partial charge in [-0.05, 0) is 24.1 Å². The lowest BCUT2D eigenvalue weighted by Gasteiger charge is -2.08. The summed E-state index contributed by atoms with van der Waals surface area (Å²) in [4.78, 5) is 11.5. The average molecular weight is 271 g/mol. The van der Waals surface area contributed by atoms with Crippen LogP contribution in [-0.4, -0.2) is 28.6 Å². The van der Waals surface area contributed by atoms with Crippen LogP contribution < -0.4 is 5.32 Å². The van der Waals surface area contributed by atoms with Crippen molar-refractivity contribution in [1.82, 2.24) is 5.32 Å². The standard InChI is InChI=1S/C13H18FNO2S/c1-9-3-4-11(5-12(9)14)6-15-13(17)8-18-10(2)7-16/h3-5,10,16H,6-8H2,1-2H3,(H,15,17). The summed E-state index contributed by atoms with van der Waals surface area (Å²) in [5, 5.41) is 11.6. The molecule has 1 amide bonds. The summed E-state index contributed by atoms with van der Waals surface area (Å²) in [7, 11) is 0. The number of aliphatic hydroxyl groups excluding tert-OH is 1. The molecule has 0 aliphatic carbocycles. The molecule has 0 bridgehead atoms. The molecule has 1 aromatic rings. The van der Waals surface area contributed by atoms with Crippen molar-refractivity contribution in [3.63, 3.8) is 0 Å². The molecule has 0 heterocycles. The second-order valence-corrected chi connectivity index (χ2v) is 5.59. The van der Waals surface area contributed by atoms with Gasteiger partial charge in [0.25, 0.3) is 0 Å². The molecule has 3 nitrogen and oxygen atoms in total. The van der Waals surface area contributed by atoms with Crippen LogP contribution in [0.15, 0.2) is 18.2 Å². The zero-order valence-electron chi connectivity index (χ0n) is 10.6. The van der Waals surface area contributed by atoms with Gasteiger partial charge in [0.2, 0.25) is 5.91 Å². The monoisotopic (exact) mass is 271 g/mol. The van der Waals surface area contributed by atoms with Gasteiger partial charge in [0.15, 0.2) is 0 Å². The zero-order valence-corrected chi connectivity index (χ0v) is 11.4.